The van der Waals surface area contributed by atoms with Crippen molar-refractivity contribution >= 4 is 29.3 Å². The maximum atomic E-state index is 12.4. The molecule has 4 nitrogen and oxygen atoms in total. The van der Waals surface area contributed by atoms with Gasteiger partial charge in [0.05, 0.1) is 11.1 Å². The van der Waals surface area contributed by atoms with Crippen molar-refractivity contribution in [2.75, 3.05) is 6.61 Å². The molecule has 0 saturated carbocycles. The van der Waals surface area contributed by atoms with E-state index in [4.69, 9.17) is 4.74 Å². The summed E-state index contributed by atoms with van der Waals surface area (Å²) in [5.74, 6) is 0.776. The lowest BCUT2D eigenvalue weighted by Gasteiger charge is -2.12. The number of hydrogen-bond acceptors (Lipinski definition) is 4. The van der Waals surface area contributed by atoms with Crippen LogP contribution in [0.3, 0.4) is 0 Å². The fraction of sp³-hybridized carbons (Fsp3) is 0.368. The molecule has 0 spiro atoms. The van der Waals surface area contributed by atoms with Crippen LogP contribution in [0.25, 0.3) is 12.2 Å². The van der Waals surface area contributed by atoms with E-state index in [9.17, 15) is 9.59 Å². The fourth-order valence-corrected chi connectivity index (χ4v) is 3.08. The molecule has 0 aliphatic rings. The molecular weight excluding hydrogens is 322 g/mol. The molecule has 2 aromatic rings. The third-order valence-electron chi connectivity index (χ3n) is 3.52. The highest BCUT2D eigenvalue weighted by Gasteiger charge is 2.19. The molecule has 0 radical (unpaired) electrons. The van der Waals surface area contributed by atoms with Crippen molar-refractivity contribution < 1.29 is 9.53 Å². The lowest BCUT2D eigenvalue weighted by Crippen LogP contribution is -2.30. The van der Waals surface area contributed by atoms with E-state index in [1.54, 1.807) is 13.1 Å². The van der Waals surface area contributed by atoms with E-state index in [1.807, 2.05) is 58.0 Å². The van der Waals surface area contributed by atoms with Gasteiger partial charge in [0.25, 0.3) is 5.56 Å². The second-order valence-corrected chi connectivity index (χ2v) is 7.64. The zero-order valence-corrected chi connectivity index (χ0v) is 15.6. The van der Waals surface area contributed by atoms with E-state index < -0.39 is 5.41 Å². The third-order valence-corrected chi connectivity index (χ3v) is 4.63. The highest BCUT2D eigenvalue weighted by Crippen LogP contribution is 2.15. The third kappa shape index (κ3) is 4.23. The van der Waals surface area contributed by atoms with Crippen molar-refractivity contribution in [3.63, 3.8) is 0 Å². The number of rotatable bonds is 4. The minimum absolute atomic E-state index is 0.00393. The summed E-state index contributed by atoms with van der Waals surface area (Å²) in [4.78, 5) is 24.6. The largest absolute Gasteiger partial charge is 0.494 e. The molecule has 0 bridgehead atoms. The van der Waals surface area contributed by atoms with Crippen LogP contribution in [0.15, 0.2) is 29.1 Å². The number of carbonyl (C=O) groups is 1. The Balaban J connectivity index is 2.52. The molecule has 24 heavy (non-hydrogen) atoms. The smallest absolute Gasteiger partial charge is 0.268 e. The van der Waals surface area contributed by atoms with Gasteiger partial charge in [0, 0.05) is 18.5 Å². The Morgan fingerprint density at radius 1 is 1.33 bits per heavy atom. The molecule has 128 valence electrons. The van der Waals surface area contributed by atoms with Gasteiger partial charge < -0.3 is 9.30 Å². The fourth-order valence-electron chi connectivity index (χ4n) is 2.05. The topological polar surface area (TPSA) is 48.3 Å². The Morgan fingerprint density at radius 3 is 2.67 bits per heavy atom. The SMILES string of the molecule is CCOc1cccc(/C=c2\s/c(=C/C(=O)C(C)(C)C)n(C)c2=O)c1. The van der Waals surface area contributed by atoms with E-state index in [-0.39, 0.29) is 11.3 Å². The zero-order chi connectivity index (χ0) is 17.9. The van der Waals surface area contributed by atoms with Crippen LogP contribution in [0.2, 0.25) is 0 Å². The van der Waals surface area contributed by atoms with Crippen molar-refractivity contribution in [2.45, 2.75) is 27.7 Å². The predicted molar refractivity (Wildman–Crippen MR) is 98.9 cm³/mol. The van der Waals surface area contributed by atoms with Gasteiger partial charge in [0.1, 0.15) is 10.4 Å². The van der Waals surface area contributed by atoms with Gasteiger partial charge in [-0.3, -0.25) is 9.59 Å². The monoisotopic (exact) mass is 345 g/mol. The molecular formula is C19H23NO3S. The molecule has 1 aromatic heterocycles. The molecule has 0 aliphatic carbocycles. The average Bonchev–Trinajstić information content (AvgIpc) is 2.75. The molecule has 0 amide bonds. The maximum Gasteiger partial charge on any atom is 0.268 e. The predicted octanol–water partition coefficient (Wildman–Crippen LogP) is 2.07. The van der Waals surface area contributed by atoms with Gasteiger partial charge in [-0.25, -0.2) is 0 Å². The number of Topliss-reactive ketones (excluding diaryl/α,β-unsaturated/α-hetero) is 1. The Labute approximate surface area is 145 Å². The van der Waals surface area contributed by atoms with Gasteiger partial charge in [-0.15, -0.1) is 11.3 Å². The summed E-state index contributed by atoms with van der Waals surface area (Å²) in [6.07, 6.45) is 3.38. The standard InChI is InChI=1S/C19H23NO3S/c1-6-23-14-9-7-8-13(10-14)11-15-18(22)20(5)17(24-15)12-16(21)19(2,3)4/h7-12H,6H2,1-5H3/b15-11-,17-12+. The maximum absolute atomic E-state index is 12.4. The highest BCUT2D eigenvalue weighted by atomic mass is 32.1. The van der Waals surface area contributed by atoms with E-state index in [0.717, 1.165) is 11.3 Å². The summed E-state index contributed by atoms with van der Waals surface area (Å²) in [5, 5.41) is 0. The van der Waals surface area contributed by atoms with Crippen molar-refractivity contribution in [1.29, 1.82) is 0 Å². The van der Waals surface area contributed by atoms with Crippen molar-refractivity contribution in [3.05, 3.63) is 49.4 Å². The number of thiazole rings is 1. The summed E-state index contributed by atoms with van der Waals surface area (Å²) in [7, 11) is 1.69. The minimum Gasteiger partial charge on any atom is -0.494 e. The molecule has 1 aromatic carbocycles. The first-order valence-electron chi connectivity index (χ1n) is 7.89. The lowest BCUT2D eigenvalue weighted by atomic mass is 9.91. The first-order chi connectivity index (χ1) is 11.2. The first-order valence-corrected chi connectivity index (χ1v) is 8.70. The van der Waals surface area contributed by atoms with Crippen LogP contribution < -0.4 is 19.5 Å². The normalized spacial score (nSPS) is 13.4. The Bertz CT molecular complexity index is 913. The van der Waals surface area contributed by atoms with Crippen LogP contribution in [-0.2, 0) is 11.8 Å². The molecule has 0 saturated heterocycles. The number of hydrogen-bond donors (Lipinski definition) is 0. The molecule has 2 rings (SSSR count). The molecule has 0 N–H and O–H groups in total. The van der Waals surface area contributed by atoms with Crippen LogP contribution in [0.5, 0.6) is 5.75 Å². The van der Waals surface area contributed by atoms with Gasteiger partial charge in [0.2, 0.25) is 0 Å². The Kier molecular flexibility index (Phi) is 5.44. The molecule has 1 heterocycles. The second kappa shape index (κ2) is 7.18. The Morgan fingerprint density at radius 2 is 2.04 bits per heavy atom. The van der Waals surface area contributed by atoms with E-state index in [2.05, 4.69) is 0 Å². The highest BCUT2D eigenvalue weighted by molar-refractivity contribution is 7.07. The number of benzene rings is 1. The van der Waals surface area contributed by atoms with Crippen LogP contribution in [0.4, 0.5) is 0 Å². The lowest BCUT2D eigenvalue weighted by molar-refractivity contribution is -0.120. The molecule has 0 atom stereocenters. The average molecular weight is 345 g/mol. The van der Waals surface area contributed by atoms with Crippen molar-refractivity contribution in [3.8, 4) is 5.75 Å². The second-order valence-electron chi connectivity index (χ2n) is 6.58. The zero-order valence-electron chi connectivity index (χ0n) is 14.8. The molecule has 0 unspecified atom stereocenters. The summed E-state index contributed by atoms with van der Waals surface area (Å²) in [6.45, 7) is 8.12. The first kappa shape index (κ1) is 18.2. The van der Waals surface area contributed by atoms with Gasteiger partial charge in [-0.2, -0.15) is 0 Å². The Hall–Kier alpha value is -2.14. The van der Waals surface area contributed by atoms with Crippen molar-refractivity contribution in [1.82, 2.24) is 4.57 Å². The van der Waals surface area contributed by atoms with E-state index in [1.165, 1.54) is 15.9 Å². The van der Waals surface area contributed by atoms with Gasteiger partial charge in [0.15, 0.2) is 5.78 Å². The van der Waals surface area contributed by atoms with Crippen LogP contribution in [0, 0.1) is 5.41 Å². The number of ketones is 1. The molecule has 0 fully saturated rings. The number of carbonyl (C=O) groups excluding carboxylic acids is 1. The quantitative estimate of drug-likeness (QED) is 0.852. The summed E-state index contributed by atoms with van der Waals surface area (Å²) in [6, 6.07) is 7.59. The van der Waals surface area contributed by atoms with Crippen LogP contribution >= 0.6 is 11.3 Å². The number of ether oxygens (including phenoxy) is 1. The summed E-state index contributed by atoms with van der Waals surface area (Å²) >= 11 is 1.32. The minimum atomic E-state index is -0.463. The van der Waals surface area contributed by atoms with Crippen LogP contribution in [0.1, 0.15) is 33.3 Å². The van der Waals surface area contributed by atoms with Gasteiger partial charge in [-0.05, 0) is 30.7 Å². The van der Waals surface area contributed by atoms with E-state index >= 15 is 0 Å². The van der Waals surface area contributed by atoms with Crippen molar-refractivity contribution in [2.24, 2.45) is 12.5 Å². The molecule has 5 heteroatoms. The molecule has 0 aliphatic heterocycles. The summed E-state index contributed by atoms with van der Waals surface area (Å²) < 4.78 is 8.26. The summed E-state index contributed by atoms with van der Waals surface area (Å²) in [5.41, 5.74) is 0.332. The van der Waals surface area contributed by atoms with E-state index in [0.29, 0.717) is 15.8 Å². The van der Waals surface area contributed by atoms with Gasteiger partial charge in [-0.1, -0.05) is 32.9 Å². The number of nitrogens with zero attached hydrogens (tertiary/aromatic N) is 1. The number of aromatic nitrogens is 1. The van der Waals surface area contributed by atoms with Crippen LogP contribution in [-0.4, -0.2) is 17.0 Å². The van der Waals surface area contributed by atoms with Gasteiger partial charge >= 0.3 is 0 Å².